The third kappa shape index (κ3) is 3.12. The van der Waals surface area contributed by atoms with Crippen molar-refractivity contribution in [2.75, 3.05) is 5.32 Å². The summed E-state index contributed by atoms with van der Waals surface area (Å²) < 4.78 is 6.24. The number of rotatable bonds is 1. The molecule has 2 rings (SSSR count). The van der Waals surface area contributed by atoms with E-state index in [1.807, 2.05) is 33.0 Å². The maximum absolute atomic E-state index is 11.6. The Morgan fingerprint density at radius 1 is 1.50 bits per heavy atom. The Morgan fingerprint density at radius 2 is 2.22 bits per heavy atom. The minimum atomic E-state index is -0.510. The largest absolute Gasteiger partial charge is 0.444 e. The molecule has 0 fully saturated rings. The molecule has 0 atom stereocenters. The van der Waals surface area contributed by atoms with Crippen molar-refractivity contribution in [3.63, 3.8) is 0 Å². The fourth-order valence-electron chi connectivity index (χ4n) is 1.46. The molecule has 0 unspecified atom stereocenters. The topological polar surface area (TPSA) is 67.0 Å². The molecule has 2 N–H and O–H groups in total. The van der Waals surface area contributed by atoms with E-state index < -0.39 is 11.7 Å². The van der Waals surface area contributed by atoms with Crippen LogP contribution in [-0.2, 0) is 4.74 Å². The van der Waals surface area contributed by atoms with Crippen LogP contribution in [0.15, 0.2) is 18.5 Å². The molecular formula is C12H14IN3O2. The highest BCUT2D eigenvalue weighted by Crippen LogP contribution is 2.21. The summed E-state index contributed by atoms with van der Waals surface area (Å²) in [5, 5.41) is 3.64. The molecule has 0 spiro atoms. The molecule has 2 aromatic rings. The van der Waals surface area contributed by atoms with Gasteiger partial charge in [-0.2, -0.15) is 0 Å². The zero-order valence-electron chi connectivity index (χ0n) is 10.4. The number of carbonyl (C=O) groups is 1. The molecular weight excluding hydrogens is 345 g/mol. The first-order valence-corrected chi connectivity index (χ1v) is 6.56. The van der Waals surface area contributed by atoms with Gasteiger partial charge in [-0.05, 0) is 49.4 Å². The van der Waals surface area contributed by atoms with Crippen molar-refractivity contribution in [3.8, 4) is 0 Å². The number of nitrogens with one attached hydrogen (secondary N) is 2. The molecule has 2 heterocycles. The summed E-state index contributed by atoms with van der Waals surface area (Å²) >= 11 is 2.21. The molecule has 0 saturated carbocycles. The fourth-order valence-corrected chi connectivity index (χ4v) is 2.03. The number of fused-ring (bicyclic) bond motifs is 1. The Hall–Kier alpha value is -1.31. The molecule has 0 radical (unpaired) electrons. The van der Waals surface area contributed by atoms with E-state index in [9.17, 15) is 4.79 Å². The molecule has 2 aromatic heterocycles. The van der Waals surface area contributed by atoms with Crippen LogP contribution in [0, 0.1) is 3.57 Å². The summed E-state index contributed by atoms with van der Waals surface area (Å²) in [6, 6.07) is 1.87. The van der Waals surface area contributed by atoms with E-state index >= 15 is 0 Å². The van der Waals surface area contributed by atoms with Gasteiger partial charge >= 0.3 is 6.09 Å². The van der Waals surface area contributed by atoms with Crippen LogP contribution in [-0.4, -0.2) is 21.7 Å². The van der Waals surface area contributed by atoms with Crippen LogP contribution in [0.5, 0.6) is 0 Å². The Bertz CT molecular complexity index is 587. The van der Waals surface area contributed by atoms with Crippen molar-refractivity contribution in [1.29, 1.82) is 0 Å². The number of ether oxygens (including phenoxy) is 1. The number of aromatic nitrogens is 2. The lowest BCUT2D eigenvalue weighted by atomic mass is 10.2. The van der Waals surface area contributed by atoms with E-state index in [0.717, 1.165) is 14.6 Å². The lowest BCUT2D eigenvalue weighted by Crippen LogP contribution is -2.27. The van der Waals surface area contributed by atoms with Crippen LogP contribution in [0.3, 0.4) is 0 Å². The highest BCUT2D eigenvalue weighted by atomic mass is 127. The molecule has 0 aromatic carbocycles. The molecule has 0 saturated heterocycles. The van der Waals surface area contributed by atoms with Crippen molar-refractivity contribution in [2.45, 2.75) is 26.4 Å². The Balaban J connectivity index is 2.17. The third-order valence-electron chi connectivity index (χ3n) is 2.13. The van der Waals surface area contributed by atoms with Gasteiger partial charge in [-0.15, -0.1) is 0 Å². The maximum atomic E-state index is 11.6. The summed E-state index contributed by atoms with van der Waals surface area (Å²) in [4.78, 5) is 18.9. The number of amides is 1. The second-order valence-corrected chi connectivity index (χ2v) is 6.05. The second-order valence-electron chi connectivity index (χ2n) is 4.88. The quantitative estimate of drug-likeness (QED) is 0.766. The van der Waals surface area contributed by atoms with Crippen LogP contribution in [0.4, 0.5) is 10.5 Å². The fraction of sp³-hybridized carbons (Fsp3) is 0.333. The van der Waals surface area contributed by atoms with E-state index in [-0.39, 0.29) is 0 Å². The minimum Gasteiger partial charge on any atom is -0.444 e. The molecule has 0 aliphatic heterocycles. The monoisotopic (exact) mass is 359 g/mol. The Morgan fingerprint density at radius 3 is 2.89 bits per heavy atom. The van der Waals surface area contributed by atoms with E-state index in [1.165, 1.54) is 0 Å². The van der Waals surface area contributed by atoms with Gasteiger partial charge in [-0.3, -0.25) is 5.32 Å². The molecule has 18 heavy (non-hydrogen) atoms. The van der Waals surface area contributed by atoms with Crippen molar-refractivity contribution in [2.24, 2.45) is 0 Å². The second kappa shape index (κ2) is 4.75. The number of nitrogens with zero attached hydrogens (tertiary/aromatic N) is 1. The number of aromatic amines is 1. The van der Waals surface area contributed by atoms with Gasteiger partial charge in [0.25, 0.3) is 0 Å². The smallest absolute Gasteiger partial charge is 0.412 e. The number of H-pyrrole nitrogens is 1. The lowest BCUT2D eigenvalue weighted by molar-refractivity contribution is 0.0636. The standard InChI is InChI=1S/C12H14IN3O2/c1-12(2,3)18-11(17)16-7-4-8-9(13)6-15-10(8)14-5-7/h4-6H,1-3H3,(H,14,15)(H,16,17). The summed E-state index contributed by atoms with van der Waals surface area (Å²) in [6.07, 6.45) is 2.99. The van der Waals surface area contributed by atoms with Gasteiger partial charge in [0.1, 0.15) is 11.2 Å². The molecule has 6 heteroatoms. The van der Waals surface area contributed by atoms with Crippen molar-refractivity contribution < 1.29 is 9.53 Å². The Labute approximate surface area is 118 Å². The number of carbonyl (C=O) groups excluding carboxylic acids is 1. The predicted molar refractivity (Wildman–Crippen MR) is 78.7 cm³/mol. The average Bonchev–Trinajstić information content (AvgIpc) is 2.57. The normalized spacial score (nSPS) is 11.6. The van der Waals surface area contributed by atoms with Gasteiger partial charge in [0, 0.05) is 15.2 Å². The van der Waals surface area contributed by atoms with E-state index in [2.05, 4.69) is 37.9 Å². The van der Waals surface area contributed by atoms with Crippen LogP contribution in [0.1, 0.15) is 20.8 Å². The van der Waals surface area contributed by atoms with Gasteiger partial charge in [-0.25, -0.2) is 9.78 Å². The predicted octanol–water partition coefficient (Wildman–Crippen LogP) is 3.51. The molecule has 0 aliphatic rings. The van der Waals surface area contributed by atoms with E-state index in [1.54, 1.807) is 6.20 Å². The molecule has 0 aliphatic carbocycles. The number of anilines is 1. The zero-order valence-corrected chi connectivity index (χ0v) is 12.5. The first kappa shape index (κ1) is 13.1. The minimum absolute atomic E-state index is 0.478. The van der Waals surface area contributed by atoms with Crippen LogP contribution in [0.25, 0.3) is 11.0 Å². The van der Waals surface area contributed by atoms with Crippen molar-refractivity contribution in [1.82, 2.24) is 9.97 Å². The maximum Gasteiger partial charge on any atom is 0.412 e. The number of halogens is 1. The van der Waals surface area contributed by atoms with Crippen LogP contribution in [0.2, 0.25) is 0 Å². The lowest BCUT2D eigenvalue weighted by Gasteiger charge is -2.19. The number of hydrogen-bond acceptors (Lipinski definition) is 3. The number of pyridine rings is 1. The van der Waals surface area contributed by atoms with Gasteiger partial charge in [0.05, 0.1) is 11.9 Å². The summed E-state index contributed by atoms with van der Waals surface area (Å²) in [6.45, 7) is 5.47. The zero-order chi connectivity index (χ0) is 13.3. The highest BCUT2D eigenvalue weighted by molar-refractivity contribution is 14.1. The molecule has 96 valence electrons. The molecule has 1 amide bonds. The molecule has 5 nitrogen and oxygen atoms in total. The van der Waals surface area contributed by atoms with Crippen molar-refractivity contribution >= 4 is 45.4 Å². The third-order valence-corrected chi connectivity index (χ3v) is 3.02. The number of hydrogen-bond donors (Lipinski definition) is 2. The van der Waals surface area contributed by atoms with Gasteiger partial charge in [0.15, 0.2) is 0 Å². The summed E-state index contributed by atoms with van der Waals surface area (Å²) in [5.41, 5.74) is 0.910. The van der Waals surface area contributed by atoms with Gasteiger partial charge in [0.2, 0.25) is 0 Å². The van der Waals surface area contributed by atoms with Crippen LogP contribution >= 0.6 is 22.6 Å². The van der Waals surface area contributed by atoms with E-state index in [0.29, 0.717) is 5.69 Å². The van der Waals surface area contributed by atoms with Crippen molar-refractivity contribution in [3.05, 3.63) is 22.0 Å². The average molecular weight is 359 g/mol. The van der Waals surface area contributed by atoms with E-state index in [4.69, 9.17) is 4.74 Å². The van der Waals surface area contributed by atoms with Gasteiger partial charge < -0.3 is 9.72 Å². The first-order valence-electron chi connectivity index (χ1n) is 5.48. The van der Waals surface area contributed by atoms with Gasteiger partial charge in [-0.1, -0.05) is 0 Å². The summed E-state index contributed by atoms with van der Waals surface area (Å²) in [7, 11) is 0. The first-order chi connectivity index (χ1) is 8.35. The Kier molecular flexibility index (Phi) is 3.47. The SMILES string of the molecule is CC(C)(C)OC(=O)Nc1cnc2[nH]cc(I)c2c1. The molecule has 0 bridgehead atoms. The highest BCUT2D eigenvalue weighted by Gasteiger charge is 2.16. The van der Waals surface area contributed by atoms with Crippen LogP contribution < -0.4 is 5.32 Å². The summed E-state index contributed by atoms with van der Waals surface area (Å²) in [5.74, 6) is 0.